The van der Waals surface area contributed by atoms with Crippen molar-refractivity contribution in [2.45, 2.75) is 98.3 Å². The number of rotatable bonds is 15. The SMILES string of the molecule is CCCCOOc1c(O)c(C(=O)O)c(CCCC)c(CCCC)c1CCCC. The van der Waals surface area contributed by atoms with Gasteiger partial charge < -0.3 is 15.1 Å². The van der Waals surface area contributed by atoms with Crippen LogP contribution >= 0.6 is 0 Å². The van der Waals surface area contributed by atoms with E-state index in [2.05, 4.69) is 27.7 Å². The number of aromatic carboxylic acids is 1. The van der Waals surface area contributed by atoms with E-state index in [1.165, 1.54) is 0 Å². The summed E-state index contributed by atoms with van der Waals surface area (Å²) in [6, 6.07) is 0. The quantitative estimate of drug-likeness (QED) is 0.209. The van der Waals surface area contributed by atoms with Crippen LogP contribution in [0.4, 0.5) is 0 Å². The molecule has 0 aromatic heterocycles. The highest BCUT2D eigenvalue weighted by molar-refractivity contribution is 5.94. The Kier molecular flexibility index (Phi) is 11.7. The zero-order valence-electron chi connectivity index (χ0n) is 18.1. The normalized spacial score (nSPS) is 11.0. The predicted octanol–water partition coefficient (Wildman–Crippen LogP) is 6.23. The van der Waals surface area contributed by atoms with Crippen LogP contribution in [0.3, 0.4) is 0 Å². The molecule has 28 heavy (non-hydrogen) atoms. The Morgan fingerprint density at radius 3 is 1.79 bits per heavy atom. The summed E-state index contributed by atoms with van der Waals surface area (Å²) in [7, 11) is 0. The molecule has 0 amide bonds. The van der Waals surface area contributed by atoms with Gasteiger partial charge in [-0.1, -0.05) is 53.4 Å². The molecular formula is C23H38O5. The monoisotopic (exact) mass is 394 g/mol. The van der Waals surface area contributed by atoms with Gasteiger partial charge in [0.15, 0.2) is 5.75 Å². The molecule has 1 aromatic carbocycles. The summed E-state index contributed by atoms with van der Waals surface area (Å²) in [6.07, 6.45) is 9.80. The molecule has 1 aromatic rings. The van der Waals surface area contributed by atoms with Crippen molar-refractivity contribution in [3.63, 3.8) is 0 Å². The van der Waals surface area contributed by atoms with Crippen LogP contribution in [0.25, 0.3) is 0 Å². The maximum atomic E-state index is 12.0. The molecule has 160 valence electrons. The van der Waals surface area contributed by atoms with Crippen molar-refractivity contribution in [1.82, 2.24) is 0 Å². The van der Waals surface area contributed by atoms with Crippen molar-refractivity contribution >= 4 is 5.97 Å². The number of unbranched alkanes of at least 4 members (excludes halogenated alkanes) is 4. The summed E-state index contributed by atoms with van der Waals surface area (Å²) >= 11 is 0. The average Bonchev–Trinajstić information content (AvgIpc) is 2.67. The maximum Gasteiger partial charge on any atom is 0.339 e. The second kappa shape index (κ2) is 13.4. The molecule has 0 radical (unpaired) electrons. The van der Waals surface area contributed by atoms with Gasteiger partial charge in [-0.3, -0.25) is 0 Å². The molecule has 0 heterocycles. The van der Waals surface area contributed by atoms with Crippen molar-refractivity contribution in [3.8, 4) is 11.5 Å². The first-order valence-corrected chi connectivity index (χ1v) is 10.9. The highest BCUT2D eigenvalue weighted by atomic mass is 17.2. The topological polar surface area (TPSA) is 76.0 Å². The van der Waals surface area contributed by atoms with E-state index in [1.807, 2.05) is 0 Å². The number of carbonyl (C=O) groups is 1. The van der Waals surface area contributed by atoms with E-state index < -0.39 is 5.97 Å². The van der Waals surface area contributed by atoms with Crippen LogP contribution in [-0.2, 0) is 24.2 Å². The lowest BCUT2D eigenvalue weighted by molar-refractivity contribution is -0.208. The Morgan fingerprint density at radius 2 is 1.29 bits per heavy atom. The number of aromatic hydroxyl groups is 1. The minimum absolute atomic E-state index is 0.0195. The molecule has 0 bridgehead atoms. The zero-order chi connectivity index (χ0) is 20.9. The van der Waals surface area contributed by atoms with Gasteiger partial charge >= 0.3 is 5.97 Å². The highest BCUT2D eigenvalue weighted by Gasteiger charge is 2.28. The summed E-state index contributed by atoms with van der Waals surface area (Å²) in [5.74, 6) is -1.20. The summed E-state index contributed by atoms with van der Waals surface area (Å²) in [5.41, 5.74) is 2.70. The fourth-order valence-corrected chi connectivity index (χ4v) is 3.40. The summed E-state index contributed by atoms with van der Waals surface area (Å²) in [6.45, 7) is 8.80. The van der Waals surface area contributed by atoms with Crippen molar-refractivity contribution in [1.29, 1.82) is 0 Å². The highest BCUT2D eigenvalue weighted by Crippen LogP contribution is 2.42. The Morgan fingerprint density at radius 1 is 0.786 bits per heavy atom. The van der Waals surface area contributed by atoms with Gasteiger partial charge in [0.25, 0.3) is 0 Å². The predicted molar refractivity (Wildman–Crippen MR) is 112 cm³/mol. The van der Waals surface area contributed by atoms with Crippen LogP contribution in [0, 0.1) is 0 Å². The van der Waals surface area contributed by atoms with Crippen LogP contribution in [0.5, 0.6) is 11.5 Å². The molecular weight excluding hydrogens is 356 g/mol. The molecule has 0 spiro atoms. The molecule has 0 aliphatic rings. The molecule has 5 nitrogen and oxygen atoms in total. The van der Waals surface area contributed by atoms with Crippen LogP contribution in [0.15, 0.2) is 0 Å². The second-order valence-electron chi connectivity index (χ2n) is 7.36. The van der Waals surface area contributed by atoms with Gasteiger partial charge in [-0.15, -0.1) is 0 Å². The summed E-state index contributed by atoms with van der Waals surface area (Å²) < 4.78 is 0. The molecule has 5 heteroatoms. The lowest BCUT2D eigenvalue weighted by Crippen LogP contribution is -2.13. The number of carboxylic acid groups (broad SMARTS) is 1. The van der Waals surface area contributed by atoms with E-state index in [1.54, 1.807) is 0 Å². The van der Waals surface area contributed by atoms with Crippen molar-refractivity contribution < 1.29 is 24.8 Å². The standard InChI is InChI=1S/C23H38O5/c1-5-9-13-17-18(14-10-6-2)20(23(25)26)21(24)22(19(17)15-11-7-3)28-27-16-12-8-4/h24H,5-16H2,1-4H3,(H,25,26). The van der Waals surface area contributed by atoms with E-state index in [4.69, 9.17) is 9.78 Å². The fourth-order valence-electron chi connectivity index (χ4n) is 3.40. The fraction of sp³-hybridized carbons (Fsp3) is 0.696. The van der Waals surface area contributed by atoms with Crippen molar-refractivity contribution in [2.75, 3.05) is 6.61 Å². The number of benzene rings is 1. The van der Waals surface area contributed by atoms with E-state index in [9.17, 15) is 15.0 Å². The van der Waals surface area contributed by atoms with Crippen LogP contribution in [0.2, 0.25) is 0 Å². The Hall–Kier alpha value is -1.75. The molecule has 1 rings (SSSR count). The molecule has 0 aliphatic heterocycles. The van der Waals surface area contributed by atoms with Gasteiger partial charge in [0.05, 0.1) is 6.61 Å². The zero-order valence-corrected chi connectivity index (χ0v) is 18.1. The molecule has 0 atom stereocenters. The average molecular weight is 395 g/mol. The number of carboxylic acids is 1. The second-order valence-corrected chi connectivity index (χ2v) is 7.36. The van der Waals surface area contributed by atoms with E-state index in [0.29, 0.717) is 13.0 Å². The van der Waals surface area contributed by atoms with Crippen molar-refractivity contribution in [2.24, 2.45) is 0 Å². The lowest BCUT2D eigenvalue weighted by Gasteiger charge is -2.22. The first kappa shape index (κ1) is 24.3. The van der Waals surface area contributed by atoms with Gasteiger partial charge in [0.2, 0.25) is 5.75 Å². The third kappa shape index (κ3) is 6.69. The van der Waals surface area contributed by atoms with E-state index in [-0.39, 0.29) is 17.1 Å². The molecule has 0 fully saturated rings. The number of hydrogen-bond acceptors (Lipinski definition) is 4. The summed E-state index contributed by atoms with van der Waals surface area (Å²) in [4.78, 5) is 22.9. The van der Waals surface area contributed by atoms with Gasteiger partial charge in [-0.25, -0.2) is 4.79 Å². The number of hydrogen-bond donors (Lipinski definition) is 2. The Balaban J connectivity index is 3.55. The van der Waals surface area contributed by atoms with Crippen LogP contribution in [-0.4, -0.2) is 22.8 Å². The molecule has 2 N–H and O–H groups in total. The van der Waals surface area contributed by atoms with Gasteiger partial charge in [0.1, 0.15) is 5.56 Å². The third-order valence-corrected chi connectivity index (χ3v) is 5.03. The van der Waals surface area contributed by atoms with Gasteiger partial charge in [-0.2, -0.15) is 4.89 Å². The maximum absolute atomic E-state index is 12.0. The molecule has 0 aliphatic carbocycles. The third-order valence-electron chi connectivity index (χ3n) is 5.03. The van der Waals surface area contributed by atoms with Crippen LogP contribution in [0.1, 0.15) is 106 Å². The molecule has 0 unspecified atom stereocenters. The van der Waals surface area contributed by atoms with Gasteiger partial charge in [-0.05, 0) is 56.1 Å². The summed E-state index contributed by atoms with van der Waals surface area (Å²) in [5, 5.41) is 20.7. The molecule has 0 saturated heterocycles. The van der Waals surface area contributed by atoms with E-state index in [0.717, 1.165) is 80.9 Å². The minimum Gasteiger partial charge on any atom is -0.504 e. The first-order chi connectivity index (χ1) is 13.5. The van der Waals surface area contributed by atoms with E-state index >= 15 is 0 Å². The lowest BCUT2D eigenvalue weighted by atomic mass is 9.86. The smallest absolute Gasteiger partial charge is 0.339 e. The largest absolute Gasteiger partial charge is 0.504 e. The number of phenols is 1. The minimum atomic E-state index is -1.11. The molecule has 0 saturated carbocycles. The Labute approximate surface area is 170 Å². The Bertz CT molecular complexity index is 610. The van der Waals surface area contributed by atoms with Crippen LogP contribution < -0.4 is 4.89 Å². The van der Waals surface area contributed by atoms with Gasteiger partial charge in [0, 0.05) is 5.56 Å². The first-order valence-electron chi connectivity index (χ1n) is 10.9. The van der Waals surface area contributed by atoms with Crippen molar-refractivity contribution in [3.05, 3.63) is 22.3 Å².